The number of hydrogen-bond donors (Lipinski definition) is 0. The first kappa shape index (κ1) is 12.7. The van der Waals surface area contributed by atoms with Crippen LogP contribution >= 0.6 is 0 Å². The van der Waals surface area contributed by atoms with Crippen molar-refractivity contribution in [3.8, 4) is 0 Å². The van der Waals surface area contributed by atoms with E-state index in [2.05, 4.69) is 6.92 Å². The van der Waals surface area contributed by atoms with Crippen LogP contribution in [0.4, 0.5) is 0 Å². The van der Waals surface area contributed by atoms with Crippen molar-refractivity contribution in [2.75, 3.05) is 0 Å². The molecule has 0 saturated heterocycles. The van der Waals surface area contributed by atoms with Gasteiger partial charge in [0, 0.05) is 12.8 Å². The predicted molar refractivity (Wildman–Crippen MR) is 68.6 cm³/mol. The third-order valence-corrected chi connectivity index (χ3v) is 3.04. The highest BCUT2D eigenvalue weighted by molar-refractivity contribution is 5.95. The van der Waals surface area contributed by atoms with Gasteiger partial charge in [0.25, 0.3) is 0 Å². The van der Waals surface area contributed by atoms with Crippen LogP contribution in [0.25, 0.3) is 0 Å². The second kappa shape index (κ2) is 5.71. The van der Waals surface area contributed by atoms with Crippen molar-refractivity contribution in [1.29, 1.82) is 0 Å². The Bertz CT molecular complexity index is 494. The van der Waals surface area contributed by atoms with Gasteiger partial charge in [0.15, 0.2) is 5.78 Å². The lowest BCUT2D eigenvalue weighted by Crippen LogP contribution is -2.04. The average molecular weight is 246 g/mol. The molecular formula is C15H18O3. The maximum atomic E-state index is 11.8. The lowest BCUT2D eigenvalue weighted by atomic mass is 9.97. The zero-order valence-corrected chi connectivity index (χ0v) is 10.8. The van der Waals surface area contributed by atoms with Crippen LogP contribution in [-0.4, -0.2) is 5.78 Å². The first-order valence-electron chi connectivity index (χ1n) is 6.24. The summed E-state index contributed by atoms with van der Waals surface area (Å²) in [6.45, 7) is 4.15. The molecule has 2 heterocycles. The number of aryl methyl sites for hydroxylation is 1. The normalized spacial score (nSPS) is 12.6. The smallest absolute Gasteiger partial charge is 0.166 e. The first-order chi connectivity index (χ1) is 8.65. The van der Waals surface area contributed by atoms with E-state index in [1.807, 2.05) is 13.0 Å². The van der Waals surface area contributed by atoms with Crippen LogP contribution in [0.2, 0.25) is 0 Å². The minimum atomic E-state index is 0.145. The number of rotatable bonds is 6. The Morgan fingerprint density at radius 3 is 2.83 bits per heavy atom. The van der Waals surface area contributed by atoms with Gasteiger partial charge < -0.3 is 8.83 Å². The molecule has 2 rings (SSSR count). The van der Waals surface area contributed by atoms with Crippen molar-refractivity contribution in [3.63, 3.8) is 0 Å². The zero-order valence-electron chi connectivity index (χ0n) is 10.8. The number of ketones is 1. The zero-order chi connectivity index (χ0) is 13.0. The van der Waals surface area contributed by atoms with E-state index in [9.17, 15) is 4.79 Å². The maximum Gasteiger partial charge on any atom is 0.166 e. The molecular weight excluding hydrogens is 228 g/mol. The van der Waals surface area contributed by atoms with Gasteiger partial charge in [-0.1, -0.05) is 6.92 Å². The maximum absolute atomic E-state index is 11.8. The van der Waals surface area contributed by atoms with Crippen molar-refractivity contribution < 1.29 is 13.6 Å². The Labute approximate surface area is 107 Å². The molecule has 0 amide bonds. The summed E-state index contributed by atoms with van der Waals surface area (Å²) in [7, 11) is 0. The molecule has 18 heavy (non-hydrogen) atoms. The van der Waals surface area contributed by atoms with Gasteiger partial charge >= 0.3 is 0 Å². The highest BCUT2D eigenvalue weighted by Crippen LogP contribution is 2.17. The quantitative estimate of drug-likeness (QED) is 0.723. The molecule has 0 radical (unpaired) electrons. The van der Waals surface area contributed by atoms with Crippen LogP contribution < -0.4 is 0 Å². The minimum absolute atomic E-state index is 0.145. The molecule has 0 saturated carbocycles. The van der Waals surface area contributed by atoms with E-state index in [-0.39, 0.29) is 5.78 Å². The van der Waals surface area contributed by atoms with Gasteiger partial charge in [-0.15, -0.1) is 0 Å². The molecule has 0 bridgehead atoms. The Kier molecular flexibility index (Phi) is 4.03. The molecule has 0 aliphatic carbocycles. The second-order valence-corrected chi connectivity index (χ2v) is 4.87. The largest absolute Gasteiger partial charge is 0.472 e. The van der Waals surface area contributed by atoms with E-state index >= 15 is 0 Å². The molecule has 0 spiro atoms. The summed E-state index contributed by atoms with van der Waals surface area (Å²) >= 11 is 0. The summed E-state index contributed by atoms with van der Waals surface area (Å²) in [5.74, 6) is 1.58. The Morgan fingerprint density at radius 2 is 2.22 bits per heavy atom. The van der Waals surface area contributed by atoms with Gasteiger partial charge in [-0.3, -0.25) is 4.79 Å². The van der Waals surface area contributed by atoms with E-state index in [0.717, 1.165) is 24.2 Å². The fourth-order valence-corrected chi connectivity index (χ4v) is 1.99. The molecule has 3 nitrogen and oxygen atoms in total. The molecule has 0 aromatic carbocycles. The predicted octanol–water partition coefficient (Wildman–Crippen LogP) is 4.02. The van der Waals surface area contributed by atoms with Crippen molar-refractivity contribution in [3.05, 3.63) is 47.8 Å². The summed E-state index contributed by atoms with van der Waals surface area (Å²) in [6, 6.07) is 3.76. The highest BCUT2D eigenvalue weighted by Gasteiger charge is 2.11. The summed E-state index contributed by atoms with van der Waals surface area (Å²) in [5, 5.41) is 0. The third-order valence-electron chi connectivity index (χ3n) is 3.04. The van der Waals surface area contributed by atoms with Gasteiger partial charge in [-0.05, 0) is 37.0 Å². The van der Waals surface area contributed by atoms with E-state index in [4.69, 9.17) is 8.83 Å². The van der Waals surface area contributed by atoms with E-state index in [0.29, 0.717) is 17.9 Å². The van der Waals surface area contributed by atoms with Crippen molar-refractivity contribution in [2.24, 2.45) is 5.92 Å². The average Bonchev–Trinajstić information content (AvgIpc) is 2.97. The van der Waals surface area contributed by atoms with Crippen LogP contribution in [0.5, 0.6) is 0 Å². The molecule has 0 aliphatic heterocycles. The number of Topliss-reactive ketones (excluding diaryl/α,β-unsaturated/α-hetero) is 1. The van der Waals surface area contributed by atoms with Crippen LogP contribution in [0.15, 0.2) is 39.8 Å². The Hall–Kier alpha value is -1.77. The van der Waals surface area contributed by atoms with E-state index < -0.39 is 0 Å². The summed E-state index contributed by atoms with van der Waals surface area (Å²) < 4.78 is 10.3. The molecule has 0 unspecified atom stereocenters. The molecule has 96 valence electrons. The monoisotopic (exact) mass is 246 g/mol. The lowest BCUT2D eigenvalue weighted by Gasteiger charge is -2.08. The molecule has 3 heteroatoms. The molecule has 1 atom stereocenters. The standard InChI is InChI=1S/C15H18O3/c1-11(7-14-8-12(2)9-18-14)3-4-15(16)13-5-6-17-10-13/h5-6,8-11H,3-4,7H2,1-2H3/t11-/m1/s1. The number of hydrogen-bond acceptors (Lipinski definition) is 3. The Balaban J connectivity index is 1.78. The van der Waals surface area contributed by atoms with Gasteiger partial charge in [0.1, 0.15) is 12.0 Å². The fraction of sp³-hybridized carbons (Fsp3) is 0.400. The number of furan rings is 2. The fourth-order valence-electron chi connectivity index (χ4n) is 1.99. The number of carbonyl (C=O) groups excluding carboxylic acids is 1. The van der Waals surface area contributed by atoms with Crippen molar-refractivity contribution in [2.45, 2.75) is 33.1 Å². The van der Waals surface area contributed by atoms with Crippen LogP contribution in [-0.2, 0) is 6.42 Å². The number of carbonyl (C=O) groups is 1. The van der Waals surface area contributed by atoms with E-state index in [1.54, 1.807) is 12.3 Å². The second-order valence-electron chi connectivity index (χ2n) is 4.87. The summed E-state index contributed by atoms with van der Waals surface area (Å²) in [5.41, 5.74) is 1.81. The summed E-state index contributed by atoms with van der Waals surface area (Å²) in [4.78, 5) is 11.8. The Morgan fingerprint density at radius 1 is 1.39 bits per heavy atom. The van der Waals surface area contributed by atoms with Gasteiger partial charge in [-0.25, -0.2) is 0 Å². The molecule has 0 fully saturated rings. The lowest BCUT2D eigenvalue weighted by molar-refractivity contribution is 0.0973. The van der Waals surface area contributed by atoms with Crippen LogP contribution in [0, 0.1) is 12.8 Å². The van der Waals surface area contributed by atoms with E-state index in [1.165, 1.54) is 12.5 Å². The van der Waals surface area contributed by atoms with Crippen molar-refractivity contribution in [1.82, 2.24) is 0 Å². The highest BCUT2D eigenvalue weighted by atomic mass is 16.3. The van der Waals surface area contributed by atoms with Gasteiger partial charge in [0.05, 0.1) is 18.1 Å². The molecule has 0 N–H and O–H groups in total. The summed E-state index contributed by atoms with van der Waals surface area (Å²) in [6.07, 6.45) is 7.10. The van der Waals surface area contributed by atoms with Crippen molar-refractivity contribution >= 4 is 5.78 Å². The SMILES string of the molecule is Cc1coc(C[C@H](C)CCC(=O)c2ccoc2)c1. The topological polar surface area (TPSA) is 43.4 Å². The van der Waals surface area contributed by atoms with Gasteiger partial charge in [0.2, 0.25) is 0 Å². The first-order valence-corrected chi connectivity index (χ1v) is 6.24. The van der Waals surface area contributed by atoms with Gasteiger partial charge in [-0.2, -0.15) is 0 Å². The minimum Gasteiger partial charge on any atom is -0.472 e. The third kappa shape index (κ3) is 3.36. The molecule has 2 aromatic heterocycles. The van der Waals surface area contributed by atoms with Crippen LogP contribution in [0.1, 0.15) is 41.4 Å². The van der Waals surface area contributed by atoms with Crippen LogP contribution in [0.3, 0.4) is 0 Å². The molecule has 2 aromatic rings. The molecule has 0 aliphatic rings.